The van der Waals surface area contributed by atoms with Crippen LogP contribution in [-0.2, 0) is 20.0 Å². The van der Waals surface area contributed by atoms with Gasteiger partial charge in [-0.15, -0.1) is 0 Å². The largest absolute Gasteiger partial charge is 0.494 e. The van der Waals surface area contributed by atoms with E-state index in [4.69, 9.17) is 39.5 Å². The molecule has 3 heterocycles. The molecule has 0 fully saturated rings. The van der Waals surface area contributed by atoms with Crippen LogP contribution in [0.25, 0.3) is 27.4 Å². The number of amides is 1. The third-order valence-corrected chi connectivity index (χ3v) is 10.2. The molecular formula is C37H39Cl2N7O4. The molecule has 1 amide bonds. The maximum Gasteiger partial charge on any atom is 0.336 e. The number of hydrazone groups is 1. The van der Waals surface area contributed by atoms with E-state index in [1.165, 1.54) is 6.20 Å². The van der Waals surface area contributed by atoms with E-state index in [0.717, 1.165) is 33.3 Å². The van der Waals surface area contributed by atoms with Crippen molar-refractivity contribution >= 4 is 73.9 Å². The van der Waals surface area contributed by atoms with Gasteiger partial charge >= 0.3 is 5.97 Å². The molecule has 0 radical (unpaired) electrons. The SMILES string of the molecule is CC(=NN)C(=C(C)N)c1c(Cl)ccc2c(CCCOc3cc(C)c(Cl)c(C)c3)c3n(c12)CCCN(c1cc(C(=O)O)c2cnn(C)c2c1)C3=O. The van der Waals surface area contributed by atoms with Crippen LogP contribution in [0.5, 0.6) is 5.75 Å². The number of hydrogen-bond donors (Lipinski definition) is 3. The van der Waals surface area contributed by atoms with E-state index in [0.29, 0.717) is 93.8 Å². The molecular weight excluding hydrogens is 677 g/mol. The number of nitrogens with zero attached hydrogens (tertiary/aromatic N) is 5. The molecule has 11 nitrogen and oxygen atoms in total. The van der Waals surface area contributed by atoms with Crippen molar-refractivity contribution in [3.05, 3.63) is 91.8 Å². The molecule has 260 valence electrons. The second-order valence-corrected chi connectivity index (χ2v) is 13.5. The fraction of sp³-hybridized carbons (Fsp3) is 0.297. The fourth-order valence-corrected chi connectivity index (χ4v) is 7.39. The number of nitrogens with two attached hydrogens (primary N) is 2. The summed E-state index contributed by atoms with van der Waals surface area (Å²) in [7, 11) is 1.75. The van der Waals surface area contributed by atoms with Gasteiger partial charge in [0.2, 0.25) is 0 Å². The summed E-state index contributed by atoms with van der Waals surface area (Å²) in [6.07, 6.45) is 3.23. The Hall–Kier alpha value is -5.00. The summed E-state index contributed by atoms with van der Waals surface area (Å²) in [5.74, 6) is 5.14. The fourth-order valence-electron chi connectivity index (χ4n) is 7.04. The molecule has 3 aromatic carbocycles. The van der Waals surface area contributed by atoms with Gasteiger partial charge in [0.1, 0.15) is 11.4 Å². The molecule has 1 aliphatic heterocycles. The summed E-state index contributed by atoms with van der Waals surface area (Å²) in [5.41, 5.74) is 13.8. The summed E-state index contributed by atoms with van der Waals surface area (Å²) in [5, 5.41) is 20.8. The summed E-state index contributed by atoms with van der Waals surface area (Å²) >= 11 is 13.3. The van der Waals surface area contributed by atoms with E-state index < -0.39 is 5.97 Å². The van der Waals surface area contributed by atoms with E-state index in [1.807, 2.05) is 48.7 Å². The molecule has 13 heteroatoms. The third-order valence-electron chi connectivity index (χ3n) is 9.33. The Labute approximate surface area is 299 Å². The number of carbonyl (C=O) groups is 2. The smallest absolute Gasteiger partial charge is 0.336 e. The number of ether oxygens (including phenoxy) is 1. The number of anilines is 1. The molecule has 2 aromatic heterocycles. The summed E-state index contributed by atoms with van der Waals surface area (Å²) in [4.78, 5) is 28.9. The van der Waals surface area contributed by atoms with Crippen molar-refractivity contribution in [2.45, 2.75) is 53.5 Å². The van der Waals surface area contributed by atoms with Crippen LogP contribution in [0.2, 0.25) is 10.0 Å². The number of carboxylic acid groups (broad SMARTS) is 1. The molecule has 0 bridgehead atoms. The quantitative estimate of drug-likeness (QED) is 0.0629. The standard InChI is InChI=1S/C37H39Cl2N7O4/c1-19-14-24(15-20(2)33(19)39)50-13-6-8-25-26-9-10-29(38)32(31(21(3)40)22(4)43-41)34(26)46-12-7-11-45(36(47)35(25)46)23-16-27(37(48)49)28-18-42-44(5)30(28)17-23/h9-10,14-18H,6-8,11-13,40-41H2,1-5H3,(H,48,49). The first-order chi connectivity index (χ1) is 23.8. The average molecular weight is 717 g/mol. The van der Waals surface area contributed by atoms with Crippen LogP contribution in [0.15, 0.2) is 53.4 Å². The lowest BCUT2D eigenvalue weighted by molar-refractivity contribution is 0.0698. The van der Waals surface area contributed by atoms with Gasteiger partial charge in [-0.2, -0.15) is 10.2 Å². The van der Waals surface area contributed by atoms with Crippen molar-refractivity contribution in [3.63, 3.8) is 0 Å². The van der Waals surface area contributed by atoms with Crippen LogP contribution in [0.1, 0.15) is 69.8 Å². The van der Waals surface area contributed by atoms with Gasteiger partial charge in [0, 0.05) is 58.5 Å². The molecule has 1 aliphatic rings. The molecule has 0 unspecified atom stereocenters. The van der Waals surface area contributed by atoms with Gasteiger partial charge in [0.25, 0.3) is 5.91 Å². The first-order valence-electron chi connectivity index (χ1n) is 16.3. The van der Waals surface area contributed by atoms with Crippen molar-refractivity contribution in [2.24, 2.45) is 23.7 Å². The van der Waals surface area contributed by atoms with Crippen molar-refractivity contribution in [1.29, 1.82) is 0 Å². The number of hydrogen-bond acceptors (Lipinski definition) is 7. The Morgan fingerprint density at radius 3 is 2.46 bits per heavy atom. The number of allylic oxidation sites excluding steroid dienone is 2. The molecule has 0 saturated heterocycles. The molecule has 5 aromatic rings. The number of aryl methyl sites for hydroxylation is 5. The zero-order valence-electron chi connectivity index (χ0n) is 28.6. The molecule has 50 heavy (non-hydrogen) atoms. The predicted molar refractivity (Wildman–Crippen MR) is 200 cm³/mol. The highest BCUT2D eigenvalue weighted by Gasteiger charge is 2.33. The molecule has 5 N–H and O–H groups in total. The number of fused-ring (bicyclic) bond motifs is 4. The van der Waals surface area contributed by atoms with Crippen LogP contribution < -0.4 is 21.2 Å². The van der Waals surface area contributed by atoms with Gasteiger partial charge in [-0.25, -0.2) is 4.79 Å². The second kappa shape index (κ2) is 13.7. The second-order valence-electron chi connectivity index (χ2n) is 12.7. The number of aromatic carboxylic acids is 1. The summed E-state index contributed by atoms with van der Waals surface area (Å²) in [6, 6.07) is 10.9. The third kappa shape index (κ3) is 6.05. The van der Waals surface area contributed by atoms with Crippen molar-refractivity contribution < 1.29 is 19.4 Å². The highest BCUT2D eigenvalue weighted by molar-refractivity contribution is 6.38. The number of aromatic nitrogens is 3. The van der Waals surface area contributed by atoms with Crippen LogP contribution in [0, 0.1) is 13.8 Å². The van der Waals surface area contributed by atoms with Gasteiger partial charge in [-0.05, 0) is 94.0 Å². The highest BCUT2D eigenvalue weighted by atomic mass is 35.5. The van der Waals surface area contributed by atoms with E-state index in [9.17, 15) is 14.7 Å². The first-order valence-corrected chi connectivity index (χ1v) is 17.0. The molecule has 0 saturated carbocycles. The minimum Gasteiger partial charge on any atom is -0.494 e. The molecule has 0 spiro atoms. The van der Waals surface area contributed by atoms with Crippen molar-refractivity contribution in [2.75, 3.05) is 18.1 Å². The lowest BCUT2D eigenvalue weighted by Gasteiger charge is -2.22. The molecule has 6 rings (SSSR count). The van der Waals surface area contributed by atoms with Gasteiger partial charge in [0.05, 0.1) is 40.1 Å². The van der Waals surface area contributed by atoms with Crippen LogP contribution in [-0.4, -0.2) is 50.2 Å². The van der Waals surface area contributed by atoms with Crippen LogP contribution in [0.3, 0.4) is 0 Å². The van der Waals surface area contributed by atoms with E-state index >= 15 is 0 Å². The van der Waals surface area contributed by atoms with Gasteiger partial charge in [-0.1, -0.05) is 29.3 Å². The van der Waals surface area contributed by atoms with E-state index in [1.54, 1.807) is 36.5 Å². The normalized spacial score (nSPS) is 14.3. The Bertz CT molecular complexity index is 2240. The predicted octanol–water partition coefficient (Wildman–Crippen LogP) is 7.24. The van der Waals surface area contributed by atoms with Gasteiger partial charge in [-0.3, -0.25) is 9.48 Å². The van der Waals surface area contributed by atoms with Crippen LogP contribution in [0.4, 0.5) is 5.69 Å². The van der Waals surface area contributed by atoms with Crippen molar-refractivity contribution in [3.8, 4) is 5.75 Å². The van der Waals surface area contributed by atoms with Crippen LogP contribution >= 0.6 is 23.2 Å². The minimum absolute atomic E-state index is 0.0760. The van der Waals surface area contributed by atoms with Gasteiger partial charge in [0.15, 0.2) is 0 Å². The topological polar surface area (TPSA) is 154 Å². The highest BCUT2D eigenvalue weighted by Crippen LogP contribution is 2.41. The van der Waals surface area contributed by atoms with Crippen molar-refractivity contribution in [1.82, 2.24) is 14.3 Å². The number of carboxylic acids is 1. The Kier molecular flexibility index (Phi) is 9.56. The van der Waals surface area contributed by atoms with Gasteiger partial charge < -0.3 is 30.9 Å². The van der Waals surface area contributed by atoms with E-state index in [2.05, 4.69) is 10.2 Å². The number of benzene rings is 3. The zero-order valence-corrected chi connectivity index (χ0v) is 30.1. The number of carbonyl (C=O) groups excluding carboxylic acids is 1. The maximum absolute atomic E-state index is 14.9. The maximum atomic E-state index is 14.9. The zero-order chi connectivity index (χ0) is 36.0. The number of halogens is 2. The lowest BCUT2D eigenvalue weighted by atomic mass is 9.95. The minimum atomic E-state index is -1.10. The summed E-state index contributed by atoms with van der Waals surface area (Å²) < 4.78 is 9.79. The Balaban J connectivity index is 1.51. The molecule has 0 aliphatic carbocycles. The summed E-state index contributed by atoms with van der Waals surface area (Å²) in [6.45, 7) is 8.68. The average Bonchev–Trinajstić information content (AvgIpc) is 3.54. The van der Waals surface area contributed by atoms with E-state index in [-0.39, 0.29) is 11.5 Å². The Morgan fingerprint density at radius 2 is 1.80 bits per heavy atom. The monoisotopic (exact) mass is 715 g/mol. The molecule has 0 atom stereocenters. The lowest BCUT2D eigenvalue weighted by Crippen LogP contribution is -2.32. The Morgan fingerprint density at radius 1 is 1.08 bits per heavy atom. The first kappa shape index (κ1) is 34.8. The number of rotatable bonds is 9.